The number of hydrogen-bond acceptors (Lipinski definition) is 8. The number of anilines is 1. The van der Waals surface area contributed by atoms with Crippen molar-refractivity contribution in [3.63, 3.8) is 0 Å². The van der Waals surface area contributed by atoms with Crippen molar-refractivity contribution < 1.29 is 31.5 Å². The van der Waals surface area contributed by atoms with Crippen LogP contribution < -0.4 is 21.1 Å². The van der Waals surface area contributed by atoms with E-state index in [1.54, 1.807) is 10.8 Å². The summed E-state index contributed by atoms with van der Waals surface area (Å²) in [6, 6.07) is 4.24. The first kappa shape index (κ1) is 35.7. The maximum absolute atomic E-state index is 14.2. The second kappa shape index (κ2) is 16.6. The van der Waals surface area contributed by atoms with E-state index in [1.165, 1.54) is 22.5 Å². The Bertz CT molecular complexity index is 1450. The molecule has 2 saturated heterocycles. The van der Waals surface area contributed by atoms with Gasteiger partial charge in [0.25, 0.3) is 11.8 Å². The molecule has 2 fully saturated rings. The highest BCUT2D eigenvalue weighted by Gasteiger charge is 2.38. The van der Waals surface area contributed by atoms with Gasteiger partial charge in [0.2, 0.25) is 10.0 Å². The quantitative estimate of drug-likeness (QED) is 0.248. The SMILES string of the molecule is CCCOc1ccc(S(=O)(=O)N2CCNCC2N2CCN(CCCF)CC2)cc1C(=O)Nc1c(CCCF)cn(CC)c1C(N)=O. The number of nitrogens with zero attached hydrogens (tertiary/aromatic N) is 4. The molecule has 46 heavy (non-hydrogen) atoms. The van der Waals surface area contributed by atoms with E-state index in [9.17, 15) is 26.8 Å². The normalized spacial score (nSPS) is 18.5. The lowest BCUT2D eigenvalue weighted by atomic mass is 10.1. The van der Waals surface area contributed by atoms with Crippen LogP contribution in [0.5, 0.6) is 5.75 Å². The van der Waals surface area contributed by atoms with Crippen LogP contribution in [0.1, 0.15) is 59.5 Å². The third-order valence-electron chi connectivity index (χ3n) is 8.42. The molecule has 0 spiro atoms. The van der Waals surface area contributed by atoms with Crippen LogP contribution in [0, 0.1) is 0 Å². The molecule has 1 unspecified atom stereocenters. The number of piperazine rings is 2. The van der Waals surface area contributed by atoms with Crippen LogP contribution in [-0.2, 0) is 23.0 Å². The van der Waals surface area contributed by atoms with Crippen LogP contribution >= 0.6 is 0 Å². The molecular weight excluding hydrogens is 620 g/mol. The number of nitrogens with one attached hydrogen (secondary N) is 2. The third-order valence-corrected chi connectivity index (χ3v) is 10.3. The number of carbonyl (C=O) groups is 2. The highest BCUT2D eigenvalue weighted by molar-refractivity contribution is 7.89. The summed E-state index contributed by atoms with van der Waals surface area (Å²) < 4.78 is 63.1. The number of primary amides is 1. The van der Waals surface area contributed by atoms with Crippen LogP contribution in [0.4, 0.5) is 14.5 Å². The number of alkyl halides is 2. The van der Waals surface area contributed by atoms with Crippen LogP contribution in [-0.4, -0.2) is 117 Å². The van der Waals surface area contributed by atoms with E-state index in [2.05, 4.69) is 20.4 Å². The molecule has 4 N–H and O–H groups in total. The molecule has 1 atom stereocenters. The lowest BCUT2D eigenvalue weighted by molar-refractivity contribution is 0.0337. The zero-order valence-corrected chi connectivity index (χ0v) is 27.6. The van der Waals surface area contributed by atoms with Gasteiger partial charge >= 0.3 is 0 Å². The van der Waals surface area contributed by atoms with Crippen molar-refractivity contribution >= 4 is 27.5 Å². The molecule has 3 heterocycles. The van der Waals surface area contributed by atoms with E-state index in [0.717, 1.165) is 13.1 Å². The van der Waals surface area contributed by atoms with Gasteiger partial charge in [-0.1, -0.05) is 6.92 Å². The Labute approximate surface area is 270 Å². The van der Waals surface area contributed by atoms with Gasteiger partial charge in [-0.2, -0.15) is 4.31 Å². The van der Waals surface area contributed by atoms with Gasteiger partial charge in [0, 0.05) is 65.1 Å². The monoisotopic (exact) mass is 667 g/mol. The standard InChI is InChI=1S/C31H47F2N7O5S/c1-3-19-45-26-9-8-24(20-25(26)31(42)36-28-23(7-5-10-32)22-38(4-2)29(28)30(34)41)46(43,44)40-14-12-35-21-27(40)39-17-15-37(16-18-39)13-6-11-33/h8-9,20,22,27,35H,3-7,10-19,21H2,1-2H3,(H2,34,41)(H,36,42). The number of nitrogens with two attached hydrogens (primary N) is 1. The molecule has 0 bridgehead atoms. The summed E-state index contributed by atoms with van der Waals surface area (Å²) in [7, 11) is -4.06. The first-order valence-electron chi connectivity index (χ1n) is 16.1. The highest BCUT2D eigenvalue weighted by Crippen LogP contribution is 2.31. The maximum Gasteiger partial charge on any atom is 0.267 e. The van der Waals surface area contributed by atoms with E-state index >= 15 is 0 Å². The largest absolute Gasteiger partial charge is 0.493 e. The maximum atomic E-state index is 14.2. The topological polar surface area (TPSA) is 142 Å². The molecule has 1 aromatic heterocycles. The fraction of sp³-hybridized carbons (Fsp3) is 0.613. The molecular formula is C31H47F2N7O5S. The minimum atomic E-state index is -4.06. The van der Waals surface area contributed by atoms with E-state index in [-0.39, 0.29) is 53.7 Å². The van der Waals surface area contributed by atoms with Gasteiger partial charge in [0.15, 0.2) is 0 Å². The first-order chi connectivity index (χ1) is 22.2. The zero-order valence-electron chi connectivity index (χ0n) is 26.8. The fourth-order valence-electron chi connectivity index (χ4n) is 6.05. The number of rotatable bonds is 16. The number of aromatic nitrogens is 1. The van der Waals surface area contributed by atoms with Gasteiger partial charge in [-0.05, 0) is 56.4 Å². The molecule has 15 heteroatoms. The van der Waals surface area contributed by atoms with Crippen molar-refractivity contribution in [3.05, 3.63) is 41.2 Å². The van der Waals surface area contributed by atoms with Gasteiger partial charge in [-0.25, -0.2) is 8.42 Å². The van der Waals surface area contributed by atoms with Crippen molar-refractivity contribution in [1.29, 1.82) is 0 Å². The number of sulfonamides is 1. The molecule has 256 valence electrons. The van der Waals surface area contributed by atoms with Crippen molar-refractivity contribution in [2.24, 2.45) is 5.73 Å². The van der Waals surface area contributed by atoms with E-state index in [4.69, 9.17) is 10.5 Å². The van der Waals surface area contributed by atoms with Crippen molar-refractivity contribution in [2.75, 3.05) is 77.6 Å². The average Bonchev–Trinajstić information content (AvgIpc) is 3.42. The van der Waals surface area contributed by atoms with Crippen molar-refractivity contribution in [1.82, 2.24) is 24.0 Å². The number of benzene rings is 1. The van der Waals surface area contributed by atoms with Gasteiger partial charge in [0.1, 0.15) is 11.4 Å². The van der Waals surface area contributed by atoms with Gasteiger partial charge in [-0.3, -0.25) is 23.3 Å². The van der Waals surface area contributed by atoms with Crippen LogP contribution in [0.25, 0.3) is 0 Å². The number of ether oxygens (including phenoxy) is 1. The van der Waals surface area contributed by atoms with Gasteiger partial charge < -0.3 is 30.6 Å². The Morgan fingerprint density at radius 1 is 1.09 bits per heavy atom. The molecule has 0 aliphatic carbocycles. The van der Waals surface area contributed by atoms with Crippen LogP contribution in [0.15, 0.2) is 29.3 Å². The predicted molar refractivity (Wildman–Crippen MR) is 172 cm³/mol. The number of halogens is 2. The summed E-state index contributed by atoms with van der Waals surface area (Å²) in [4.78, 5) is 30.6. The molecule has 0 radical (unpaired) electrons. The van der Waals surface area contributed by atoms with Crippen molar-refractivity contribution in [2.45, 2.75) is 57.1 Å². The third kappa shape index (κ3) is 8.23. The van der Waals surface area contributed by atoms with Crippen molar-refractivity contribution in [3.8, 4) is 5.75 Å². The lowest BCUT2D eigenvalue weighted by Crippen LogP contribution is -2.63. The molecule has 2 aromatic rings. The smallest absolute Gasteiger partial charge is 0.267 e. The Morgan fingerprint density at radius 3 is 2.48 bits per heavy atom. The average molecular weight is 668 g/mol. The van der Waals surface area contributed by atoms with E-state index in [0.29, 0.717) is 64.3 Å². The molecule has 12 nitrogen and oxygen atoms in total. The summed E-state index contributed by atoms with van der Waals surface area (Å²) in [5.41, 5.74) is 6.48. The number of aryl methyl sites for hydroxylation is 2. The van der Waals surface area contributed by atoms with E-state index in [1.807, 2.05) is 13.8 Å². The van der Waals surface area contributed by atoms with Crippen LogP contribution in [0.2, 0.25) is 0 Å². The number of carbonyl (C=O) groups excluding carboxylic acids is 2. The summed E-state index contributed by atoms with van der Waals surface area (Å²) in [6.07, 6.45) is 2.83. The Balaban J connectivity index is 1.65. The minimum absolute atomic E-state index is 0.0150. The molecule has 2 amide bonds. The Kier molecular flexibility index (Phi) is 12.9. The second-order valence-corrected chi connectivity index (χ2v) is 13.4. The number of amides is 2. The molecule has 2 aliphatic heterocycles. The summed E-state index contributed by atoms with van der Waals surface area (Å²) in [5, 5.41) is 6.08. The van der Waals surface area contributed by atoms with Gasteiger partial charge in [-0.15, -0.1) is 0 Å². The number of hydrogen-bond donors (Lipinski definition) is 3. The zero-order chi connectivity index (χ0) is 33.3. The Morgan fingerprint density at radius 2 is 1.83 bits per heavy atom. The van der Waals surface area contributed by atoms with Gasteiger partial charge in [0.05, 0.1) is 42.3 Å². The van der Waals surface area contributed by atoms with E-state index < -0.39 is 34.7 Å². The molecule has 4 rings (SSSR count). The first-order valence-corrected chi connectivity index (χ1v) is 17.5. The highest BCUT2D eigenvalue weighted by atomic mass is 32.2. The predicted octanol–water partition coefficient (Wildman–Crippen LogP) is 2.45. The lowest BCUT2D eigenvalue weighted by Gasteiger charge is -2.45. The summed E-state index contributed by atoms with van der Waals surface area (Å²) in [6.45, 7) is 8.05. The summed E-state index contributed by atoms with van der Waals surface area (Å²) in [5.74, 6) is -1.24. The fourth-order valence-corrected chi connectivity index (χ4v) is 7.68. The Hall–Kier alpha value is -3.11. The molecule has 2 aliphatic rings. The summed E-state index contributed by atoms with van der Waals surface area (Å²) >= 11 is 0. The molecule has 0 saturated carbocycles. The second-order valence-electron chi connectivity index (χ2n) is 11.5. The minimum Gasteiger partial charge on any atom is -0.493 e. The molecule has 1 aromatic carbocycles. The van der Waals surface area contributed by atoms with Crippen LogP contribution in [0.3, 0.4) is 0 Å².